The van der Waals surface area contributed by atoms with Crippen LogP contribution in [0.25, 0.3) is 11.2 Å². The number of nitrogens with zero attached hydrogens (tertiary/aromatic N) is 2. The van der Waals surface area contributed by atoms with Crippen LogP contribution >= 0.6 is 0 Å². The van der Waals surface area contributed by atoms with E-state index in [0.717, 1.165) is 5.56 Å². The second-order valence-electron chi connectivity index (χ2n) is 4.39. The van der Waals surface area contributed by atoms with E-state index in [4.69, 9.17) is 5.11 Å². The predicted octanol–water partition coefficient (Wildman–Crippen LogP) is 2.39. The molecule has 0 atom stereocenters. The molecular weight excluding hydrogens is 261 g/mol. The van der Waals surface area contributed by atoms with Crippen LogP contribution in [0.1, 0.15) is 21.7 Å². The average Bonchev–Trinajstić information content (AvgIpc) is 2.79. The molecule has 0 aliphatic carbocycles. The highest BCUT2D eigenvalue weighted by atomic mass is 19.1. The summed E-state index contributed by atoms with van der Waals surface area (Å²) in [6.45, 7) is 0. The molecule has 0 bridgehead atoms. The fourth-order valence-electron chi connectivity index (χ4n) is 1.99. The Morgan fingerprint density at radius 1 is 1.35 bits per heavy atom. The van der Waals surface area contributed by atoms with Gasteiger partial charge in [-0.1, -0.05) is 12.1 Å². The molecule has 2 N–H and O–H groups in total. The van der Waals surface area contributed by atoms with Crippen molar-refractivity contribution in [3.63, 3.8) is 0 Å². The molecule has 2 aromatic heterocycles. The lowest BCUT2D eigenvalue weighted by Gasteiger charge is -1.97. The quantitative estimate of drug-likeness (QED) is 0.766. The molecule has 0 spiro atoms. The Bertz CT molecular complexity index is 798. The van der Waals surface area contributed by atoms with Crippen molar-refractivity contribution in [3.05, 3.63) is 59.3 Å². The van der Waals surface area contributed by atoms with Crippen LogP contribution in [0.4, 0.5) is 4.39 Å². The monoisotopic (exact) mass is 271 g/mol. The minimum absolute atomic E-state index is 0.0958. The molecule has 0 fully saturated rings. The van der Waals surface area contributed by atoms with Crippen molar-refractivity contribution in [1.82, 2.24) is 15.0 Å². The van der Waals surface area contributed by atoms with Gasteiger partial charge in [0, 0.05) is 12.6 Å². The first-order chi connectivity index (χ1) is 9.61. The number of H-pyrrole nitrogens is 1. The molecule has 3 rings (SSSR count). The number of aromatic nitrogens is 3. The Kier molecular flexibility index (Phi) is 2.90. The number of aromatic amines is 1. The summed E-state index contributed by atoms with van der Waals surface area (Å²) in [4.78, 5) is 22.1. The highest BCUT2D eigenvalue weighted by Gasteiger charge is 2.09. The fourth-order valence-corrected chi connectivity index (χ4v) is 1.99. The van der Waals surface area contributed by atoms with Gasteiger partial charge in [-0.2, -0.15) is 0 Å². The second-order valence-corrected chi connectivity index (χ2v) is 4.39. The standard InChI is InChI=1S/C14H10FN3O2/c15-10-3-1-2-8(4-10)5-12-17-11-6-9(14(19)20)7-16-13(11)18-12/h1-4,6-7H,5H2,(H,19,20)(H,16,17,18). The molecule has 0 aliphatic heterocycles. The zero-order chi connectivity index (χ0) is 14.1. The van der Waals surface area contributed by atoms with Crippen molar-refractivity contribution in [2.75, 3.05) is 0 Å². The van der Waals surface area contributed by atoms with Crippen molar-refractivity contribution < 1.29 is 14.3 Å². The number of carboxylic acid groups (broad SMARTS) is 1. The number of hydrogen-bond donors (Lipinski definition) is 2. The second kappa shape index (κ2) is 4.73. The van der Waals surface area contributed by atoms with E-state index in [1.807, 2.05) is 0 Å². The normalized spacial score (nSPS) is 10.8. The summed E-state index contributed by atoms with van der Waals surface area (Å²) in [7, 11) is 0. The molecule has 3 aromatic rings. The third kappa shape index (κ3) is 2.35. The average molecular weight is 271 g/mol. The van der Waals surface area contributed by atoms with Crippen LogP contribution in [0.5, 0.6) is 0 Å². The van der Waals surface area contributed by atoms with Crippen molar-refractivity contribution in [2.24, 2.45) is 0 Å². The van der Waals surface area contributed by atoms with E-state index in [1.165, 1.54) is 24.4 Å². The largest absolute Gasteiger partial charge is 0.478 e. The highest BCUT2D eigenvalue weighted by Crippen LogP contribution is 2.14. The molecule has 1 aromatic carbocycles. The number of carboxylic acids is 1. The lowest BCUT2D eigenvalue weighted by atomic mass is 10.1. The molecular formula is C14H10FN3O2. The summed E-state index contributed by atoms with van der Waals surface area (Å²) in [6.07, 6.45) is 1.69. The molecule has 0 aliphatic rings. The molecule has 0 saturated heterocycles. The lowest BCUT2D eigenvalue weighted by Crippen LogP contribution is -1.96. The summed E-state index contributed by atoms with van der Waals surface area (Å²) < 4.78 is 13.1. The van der Waals surface area contributed by atoms with E-state index in [9.17, 15) is 9.18 Å². The molecule has 20 heavy (non-hydrogen) atoms. The SMILES string of the molecule is O=C(O)c1cnc2nc(Cc3cccc(F)c3)[nH]c2c1. The number of aromatic carboxylic acids is 1. The molecule has 0 radical (unpaired) electrons. The van der Waals surface area contributed by atoms with Crippen molar-refractivity contribution in [2.45, 2.75) is 6.42 Å². The van der Waals surface area contributed by atoms with Crippen LogP contribution in [0.2, 0.25) is 0 Å². The van der Waals surface area contributed by atoms with Crippen LogP contribution in [-0.4, -0.2) is 26.0 Å². The highest BCUT2D eigenvalue weighted by molar-refractivity contribution is 5.90. The lowest BCUT2D eigenvalue weighted by molar-refractivity contribution is 0.0696. The Labute approximate surface area is 113 Å². The van der Waals surface area contributed by atoms with E-state index in [-0.39, 0.29) is 11.4 Å². The van der Waals surface area contributed by atoms with Gasteiger partial charge in [0.2, 0.25) is 0 Å². The number of halogens is 1. The Morgan fingerprint density at radius 2 is 2.20 bits per heavy atom. The van der Waals surface area contributed by atoms with Crippen LogP contribution in [0.3, 0.4) is 0 Å². The third-order valence-electron chi connectivity index (χ3n) is 2.89. The number of pyridine rings is 1. The first kappa shape index (κ1) is 12.3. The summed E-state index contributed by atoms with van der Waals surface area (Å²) in [5.41, 5.74) is 1.87. The maximum absolute atomic E-state index is 13.1. The molecule has 0 amide bonds. The van der Waals surface area contributed by atoms with E-state index < -0.39 is 5.97 Å². The molecule has 0 unspecified atom stereocenters. The smallest absolute Gasteiger partial charge is 0.337 e. The zero-order valence-electron chi connectivity index (χ0n) is 10.3. The van der Waals surface area contributed by atoms with Crippen LogP contribution < -0.4 is 0 Å². The minimum Gasteiger partial charge on any atom is -0.478 e. The molecule has 2 heterocycles. The van der Waals surface area contributed by atoms with Crippen molar-refractivity contribution in [3.8, 4) is 0 Å². The van der Waals surface area contributed by atoms with Crippen molar-refractivity contribution >= 4 is 17.1 Å². The van der Waals surface area contributed by atoms with Gasteiger partial charge in [0.25, 0.3) is 0 Å². The number of carbonyl (C=O) groups is 1. The number of rotatable bonds is 3. The van der Waals surface area contributed by atoms with E-state index in [0.29, 0.717) is 23.4 Å². The predicted molar refractivity (Wildman–Crippen MR) is 70.1 cm³/mol. The van der Waals surface area contributed by atoms with Gasteiger partial charge in [0.1, 0.15) is 11.6 Å². The van der Waals surface area contributed by atoms with Gasteiger partial charge in [0.15, 0.2) is 5.65 Å². The first-order valence-electron chi connectivity index (χ1n) is 5.94. The molecule has 6 heteroatoms. The fraction of sp³-hybridized carbons (Fsp3) is 0.0714. The van der Waals surface area contributed by atoms with Crippen LogP contribution in [0.15, 0.2) is 36.5 Å². The number of fused-ring (bicyclic) bond motifs is 1. The summed E-state index contributed by atoms with van der Waals surface area (Å²) >= 11 is 0. The zero-order valence-corrected chi connectivity index (χ0v) is 10.3. The first-order valence-corrected chi connectivity index (χ1v) is 5.94. The third-order valence-corrected chi connectivity index (χ3v) is 2.89. The van der Waals surface area contributed by atoms with Crippen molar-refractivity contribution in [1.29, 1.82) is 0 Å². The van der Waals surface area contributed by atoms with E-state index >= 15 is 0 Å². The Hall–Kier alpha value is -2.76. The Balaban J connectivity index is 1.95. The summed E-state index contributed by atoms with van der Waals surface area (Å²) in [5.74, 6) is -0.730. The Morgan fingerprint density at radius 3 is 2.95 bits per heavy atom. The molecule has 100 valence electrons. The van der Waals surface area contributed by atoms with E-state index in [2.05, 4.69) is 15.0 Å². The van der Waals surface area contributed by atoms with Gasteiger partial charge < -0.3 is 10.1 Å². The van der Waals surface area contributed by atoms with Crippen LogP contribution in [-0.2, 0) is 6.42 Å². The van der Waals surface area contributed by atoms with Gasteiger partial charge in [-0.15, -0.1) is 0 Å². The van der Waals surface area contributed by atoms with Gasteiger partial charge in [0.05, 0.1) is 11.1 Å². The van der Waals surface area contributed by atoms with Gasteiger partial charge in [-0.05, 0) is 23.8 Å². The topological polar surface area (TPSA) is 78.9 Å². The summed E-state index contributed by atoms with van der Waals surface area (Å²) in [5, 5.41) is 8.90. The molecule has 5 nitrogen and oxygen atoms in total. The maximum Gasteiger partial charge on any atom is 0.337 e. The van der Waals surface area contributed by atoms with Gasteiger partial charge in [-0.25, -0.2) is 19.2 Å². The van der Waals surface area contributed by atoms with Gasteiger partial charge in [-0.3, -0.25) is 0 Å². The number of imidazole rings is 1. The number of nitrogens with one attached hydrogen (secondary N) is 1. The van der Waals surface area contributed by atoms with Crippen LogP contribution in [0, 0.1) is 5.82 Å². The number of hydrogen-bond acceptors (Lipinski definition) is 3. The number of benzene rings is 1. The maximum atomic E-state index is 13.1. The molecule has 0 saturated carbocycles. The van der Waals surface area contributed by atoms with Gasteiger partial charge >= 0.3 is 5.97 Å². The summed E-state index contributed by atoms with van der Waals surface area (Å²) in [6, 6.07) is 7.72. The minimum atomic E-state index is -1.04. The van der Waals surface area contributed by atoms with E-state index in [1.54, 1.807) is 12.1 Å².